The van der Waals surface area contributed by atoms with Gasteiger partial charge in [0.15, 0.2) is 0 Å². The van der Waals surface area contributed by atoms with E-state index in [0.717, 1.165) is 11.8 Å². The van der Waals surface area contributed by atoms with Crippen molar-refractivity contribution in [2.24, 2.45) is 5.10 Å². The second-order valence-electron chi connectivity index (χ2n) is 3.31. The highest BCUT2D eigenvalue weighted by Gasteiger charge is 2.21. The van der Waals surface area contributed by atoms with Crippen LogP contribution in [0.2, 0.25) is 0 Å². The number of halogens is 1. The average Bonchev–Trinajstić information content (AvgIpc) is 2.63. The Bertz CT molecular complexity index is 497. The van der Waals surface area contributed by atoms with Gasteiger partial charge in [0.2, 0.25) is 5.12 Å². The van der Waals surface area contributed by atoms with E-state index >= 15 is 0 Å². The van der Waals surface area contributed by atoms with E-state index < -0.39 is 0 Å². The number of hydrogen-bond donors (Lipinski definition) is 2. The molecule has 88 valence electrons. The van der Waals surface area contributed by atoms with Crippen molar-refractivity contribution in [3.8, 4) is 0 Å². The molecule has 1 aliphatic rings. The van der Waals surface area contributed by atoms with Crippen molar-refractivity contribution in [2.45, 2.75) is 0 Å². The van der Waals surface area contributed by atoms with Crippen LogP contribution < -0.4 is 5.43 Å². The molecule has 1 aromatic carbocycles. The van der Waals surface area contributed by atoms with Crippen LogP contribution >= 0.6 is 11.8 Å². The van der Waals surface area contributed by atoms with E-state index in [1.807, 2.05) is 0 Å². The fourth-order valence-electron chi connectivity index (χ4n) is 1.23. The highest BCUT2D eigenvalue weighted by Crippen LogP contribution is 2.23. The first kappa shape index (κ1) is 11.7. The zero-order valence-electron chi connectivity index (χ0n) is 8.68. The lowest BCUT2D eigenvalue weighted by Gasteiger charge is -1.99. The van der Waals surface area contributed by atoms with Crippen molar-refractivity contribution in [3.63, 3.8) is 0 Å². The zero-order valence-corrected chi connectivity index (χ0v) is 9.50. The number of hydrogen-bond acceptors (Lipinski definition) is 5. The molecule has 1 aliphatic heterocycles. The predicted molar refractivity (Wildman–Crippen MR) is 65.6 cm³/mol. The van der Waals surface area contributed by atoms with Gasteiger partial charge in [0.1, 0.15) is 11.6 Å². The maximum absolute atomic E-state index is 12.6. The lowest BCUT2D eigenvalue weighted by atomic mass is 10.3. The lowest BCUT2D eigenvalue weighted by Crippen LogP contribution is -1.98. The molecule has 2 rings (SSSR count). The summed E-state index contributed by atoms with van der Waals surface area (Å²) in [6.07, 6.45) is 1.26. The summed E-state index contributed by atoms with van der Waals surface area (Å²) in [6.45, 7) is 0. The molecule has 4 nitrogen and oxygen atoms in total. The number of thioether (sulfide) groups is 1. The molecule has 0 amide bonds. The first-order chi connectivity index (χ1) is 8.16. The number of nitrogens with zero attached hydrogens (tertiary/aromatic N) is 1. The van der Waals surface area contributed by atoms with Crippen LogP contribution in [0.4, 0.5) is 10.1 Å². The number of aliphatic hydroxyl groups is 1. The summed E-state index contributed by atoms with van der Waals surface area (Å²) < 4.78 is 12.6. The van der Waals surface area contributed by atoms with E-state index in [0.29, 0.717) is 5.69 Å². The number of benzene rings is 1. The maximum Gasteiger partial charge on any atom is 0.224 e. The molecule has 17 heavy (non-hydrogen) atoms. The second kappa shape index (κ2) is 5.01. The molecule has 0 aromatic heterocycles. The summed E-state index contributed by atoms with van der Waals surface area (Å²) >= 11 is 1.03. The molecule has 1 aromatic rings. The van der Waals surface area contributed by atoms with Crippen molar-refractivity contribution in [1.82, 2.24) is 0 Å². The second-order valence-corrected chi connectivity index (χ2v) is 4.26. The summed E-state index contributed by atoms with van der Waals surface area (Å²) in [7, 11) is 0. The molecular formula is C11H9FN2O2S. The van der Waals surface area contributed by atoms with Crippen LogP contribution in [0.25, 0.3) is 0 Å². The Kier molecular flexibility index (Phi) is 3.43. The van der Waals surface area contributed by atoms with Gasteiger partial charge in [-0.25, -0.2) is 4.39 Å². The Hall–Kier alpha value is -1.82. The molecule has 0 spiro atoms. The Morgan fingerprint density at radius 1 is 1.41 bits per heavy atom. The van der Waals surface area contributed by atoms with Gasteiger partial charge < -0.3 is 5.11 Å². The average molecular weight is 252 g/mol. The topological polar surface area (TPSA) is 61.7 Å². The standard InChI is InChI=1S/C11H9FN2O2S/c12-7-1-3-8(4-2-7)14-13-5-9-10(15)6-17-11(9)16/h1-5,14-15H,6H2/b13-5+. The number of anilines is 1. The largest absolute Gasteiger partial charge is 0.511 e. The molecule has 6 heteroatoms. The molecule has 2 N–H and O–H groups in total. The van der Waals surface area contributed by atoms with E-state index in [9.17, 15) is 14.3 Å². The third-order valence-corrected chi connectivity index (χ3v) is 3.00. The highest BCUT2D eigenvalue weighted by atomic mass is 32.2. The van der Waals surface area contributed by atoms with Gasteiger partial charge in [-0.05, 0) is 24.3 Å². The zero-order chi connectivity index (χ0) is 12.3. The van der Waals surface area contributed by atoms with Crippen molar-refractivity contribution in [2.75, 3.05) is 11.2 Å². The quantitative estimate of drug-likeness (QED) is 0.640. The Labute approximate surface area is 101 Å². The third-order valence-electron chi connectivity index (χ3n) is 2.10. The number of carbonyl (C=O) groups excluding carboxylic acids is 1. The molecule has 0 saturated heterocycles. The van der Waals surface area contributed by atoms with Crippen molar-refractivity contribution >= 4 is 28.8 Å². The van der Waals surface area contributed by atoms with Crippen LogP contribution in [0.1, 0.15) is 0 Å². The van der Waals surface area contributed by atoms with E-state index in [1.165, 1.54) is 30.5 Å². The van der Waals surface area contributed by atoms with E-state index in [4.69, 9.17) is 0 Å². The van der Waals surface area contributed by atoms with E-state index in [2.05, 4.69) is 10.5 Å². The van der Waals surface area contributed by atoms with Gasteiger partial charge in [-0.3, -0.25) is 10.2 Å². The monoisotopic (exact) mass is 252 g/mol. The van der Waals surface area contributed by atoms with Crippen LogP contribution in [-0.4, -0.2) is 22.2 Å². The van der Waals surface area contributed by atoms with Crippen molar-refractivity contribution in [1.29, 1.82) is 0 Å². The molecule has 0 bridgehead atoms. The van der Waals surface area contributed by atoms with Crippen molar-refractivity contribution in [3.05, 3.63) is 41.4 Å². The van der Waals surface area contributed by atoms with Gasteiger partial charge in [0, 0.05) is 0 Å². The Balaban J connectivity index is 2.01. The molecule has 0 aliphatic carbocycles. The molecule has 0 atom stereocenters. The van der Waals surface area contributed by atoms with Crippen LogP contribution in [-0.2, 0) is 4.79 Å². The molecule has 1 heterocycles. The number of carbonyl (C=O) groups is 1. The summed E-state index contributed by atoms with van der Waals surface area (Å²) in [5.74, 6) is -0.0107. The summed E-state index contributed by atoms with van der Waals surface area (Å²) in [6, 6.07) is 5.63. The molecule has 0 radical (unpaired) electrons. The molecule has 0 fully saturated rings. The molecular weight excluding hydrogens is 243 g/mol. The first-order valence-corrected chi connectivity index (χ1v) is 5.79. The van der Waals surface area contributed by atoms with Crippen LogP contribution in [0, 0.1) is 5.82 Å². The lowest BCUT2D eigenvalue weighted by molar-refractivity contribution is -0.107. The summed E-state index contributed by atoms with van der Waals surface area (Å²) in [5, 5.41) is 13.0. The summed E-state index contributed by atoms with van der Waals surface area (Å²) in [4.78, 5) is 11.2. The minimum atomic E-state index is -0.331. The molecule has 0 saturated carbocycles. The number of rotatable bonds is 3. The van der Waals surface area contributed by atoms with Gasteiger partial charge in [0.25, 0.3) is 0 Å². The van der Waals surface area contributed by atoms with Crippen LogP contribution in [0.3, 0.4) is 0 Å². The van der Waals surface area contributed by atoms with Gasteiger partial charge in [-0.1, -0.05) is 11.8 Å². The normalized spacial score (nSPS) is 15.9. The van der Waals surface area contributed by atoms with Gasteiger partial charge in [-0.15, -0.1) is 0 Å². The molecule has 0 unspecified atom stereocenters. The Morgan fingerprint density at radius 2 is 2.12 bits per heavy atom. The first-order valence-electron chi connectivity index (χ1n) is 4.80. The maximum atomic E-state index is 12.6. The van der Waals surface area contributed by atoms with Gasteiger partial charge in [0.05, 0.1) is 23.2 Å². The summed E-state index contributed by atoms with van der Waals surface area (Å²) in [5.41, 5.74) is 3.43. The van der Waals surface area contributed by atoms with Crippen molar-refractivity contribution < 1.29 is 14.3 Å². The van der Waals surface area contributed by atoms with E-state index in [-0.39, 0.29) is 28.0 Å². The number of hydrazone groups is 1. The number of nitrogens with one attached hydrogen (secondary N) is 1. The van der Waals surface area contributed by atoms with Gasteiger partial charge >= 0.3 is 0 Å². The SMILES string of the molecule is O=C1SCC(O)=C1/C=N/Nc1ccc(F)cc1. The van der Waals surface area contributed by atoms with E-state index in [1.54, 1.807) is 0 Å². The smallest absolute Gasteiger partial charge is 0.224 e. The minimum Gasteiger partial charge on any atom is -0.511 e. The fraction of sp³-hybridized carbons (Fsp3) is 0.0909. The highest BCUT2D eigenvalue weighted by molar-refractivity contribution is 8.14. The Morgan fingerprint density at radius 3 is 2.71 bits per heavy atom. The van der Waals surface area contributed by atoms with Crippen LogP contribution in [0.5, 0.6) is 0 Å². The third kappa shape index (κ3) is 2.85. The minimum absolute atomic E-state index is 0.0321. The van der Waals surface area contributed by atoms with Crippen LogP contribution in [0.15, 0.2) is 40.7 Å². The predicted octanol–water partition coefficient (Wildman–Crippen LogP) is 2.31. The van der Waals surface area contributed by atoms with Gasteiger partial charge in [-0.2, -0.15) is 5.10 Å². The number of aliphatic hydroxyl groups excluding tert-OH is 1. The fourth-order valence-corrected chi connectivity index (χ4v) is 1.98.